The van der Waals surface area contributed by atoms with Crippen molar-refractivity contribution in [3.63, 3.8) is 0 Å². The molecule has 5 aliphatic carbocycles. The van der Waals surface area contributed by atoms with Gasteiger partial charge in [-0.1, -0.05) is 31.0 Å². The summed E-state index contributed by atoms with van der Waals surface area (Å²) in [6.45, 7) is 1.78. The Morgan fingerprint density at radius 3 is 2.47 bits per heavy atom. The first-order chi connectivity index (χ1) is 17.4. The zero-order chi connectivity index (χ0) is 24.9. The van der Waals surface area contributed by atoms with Gasteiger partial charge < -0.3 is 25.5 Å². The highest BCUT2D eigenvalue weighted by molar-refractivity contribution is 5.91. The van der Waals surface area contributed by atoms with Gasteiger partial charge in [0.25, 0.3) is 0 Å². The predicted octanol–water partition coefficient (Wildman–Crippen LogP) is 4.44. The quantitative estimate of drug-likeness (QED) is 0.476. The molecule has 194 valence electrons. The van der Waals surface area contributed by atoms with Gasteiger partial charge in [-0.15, -0.1) is 0 Å². The van der Waals surface area contributed by atoms with Gasteiger partial charge in [-0.2, -0.15) is 0 Å². The van der Waals surface area contributed by atoms with Gasteiger partial charge in [-0.25, -0.2) is 4.79 Å². The molecule has 0 spiro atoms. The number of benzene rings is 1. The van der Waals surface area contributed by atoms with Crippen LogP contribution in [0.15, 0.2) is 30.5 Å². The fourth-order valence-electron chi connectivity index (χ4n) is 7.89. The van der Waals surface area contributed by atoms with E-state index in [0.29, 0.717) is 24.7 Å². The molecule has 36 heavy (non-hydrogen) atoms. The Bertz CT molecular complexity index is 1100. The van der Waals surface area contributed by atoms with Crippen LogP contribution >= 0.6 is 0 Å². The molecule has 7 nitrogen and oxygen atoms in total. The number of rotatable bonds is 6. The molecule has 5 aliphatic rings. The first-order valence-electron chi connectivity index (χ1n) is 13.9. The summed E-state index contributed by atoms with van der Waals surface area (Å²) >= 11 is 0. The summed E-state index contributed by atoms with van der Waals surface area (Å²) in [6.07, 6.45) is 10.5. The Hall–Kier alpha value is -2.54. The van der Waals surface area contributed by atoms with E-state index in [1.54, 1.807) is 6.92 Å². The third-order valence-corrected chi connectivity index (χ3v) is 9.53. The fourth-order valence-corrected chi connectivity index (χ4v) is 7.89. The van der Waals surface area contributed by atoms with Crippen molar-refractivity contribution in [3.8, 4) is 0 Å². The zero-order valence-electron chi connectivity index (χ0n) is 21.2. The third kappa shape index (κ3) is 4.51. The molecule has 4 N–H and O–H groups in total. The number of H-pyrrole nitrogens is 1. The van der Waals surface area contributed by atoms with Crippen LogP contribution in [0.5, 0.6) is 0 Å². The Labute approximate surface area is 212 Å². The summed E-state index contributed by atoms with van der Waals surface area (Å²) in [5.74, 6) is 2.24. The number of para-hydroxylation sites is 1. The molecule has 2 aromatic rings. The second-order valence-corrected chi connectivity index (χ2v) is 12.2. The first kappa shape index (κ1) is 23.8. The summed E-state index contributed by atoms with van der Waals surface area (Å²) in [6, 6.07) is 7.68. The maximum Gasteiger partial charge on any atom is 0.408 e. The van der Waals surface area contributed by atoms with Crippen LogP contribution in [0.25, 0.3) is 10.9 Å². The highest BCUT2D eigenvalue weighted by atomic mass is 16.6. The average Bonchev–Trinajstić information content (AvgIpc) is 3.25. The Kier molecular flexibility index (Phi) is 6.22. The van der Waals surface area contributed by atoms with Crippen molar-refractivity contribution < 1.29 is 19.4 Å². The second-order valence-electron chi connectivity index (χ2n) is 12.2. The SMILES string of the molecule is [14CH3][C@](Cc1c[nH]c2ccccc12)(NC(=O)OC1C2CC3CC(C2)CC1C3)C(=O)N[C@H]1CCCC[C@@H]1O. The minimum Gasteiger partial charge on any atom is -0.446 e. The smallest absolute Gasteiger partial charge is 0.408 e. The molecule has 3 atom stereocenters. The number of aliphatic hydroxyl groups is 1. The number of alkyl carbamates (subject to hydrolysis) is 1. The number of carbonyl (C=O) groups excluding carboxylic acids is 2. The zero-order valence-corrected chi connectivity index (χ0v) is 21.2. The van der Waals surface area contributed by atoms with Crippen LogP contribution in [0, 0.1) is 23.7 Å². The summed E-state index contributed by atoms with van der Waals surface area (Å²) in [7, 11) is 0. The van der Waals surface area contributed by atoms with Gasteiger partial charge in [0.2, 0.25) is 5.91 Å². The van der Waals surface area contributed by atoms with Gasteiger partial charge in [0.05, 0.1) is 12.1 Å². The lowest BCUT2D eigenvalue weighted by Crippen LogP contribution is -2.62. The number of ether oxygens (including phenoxy) is 1. The summed E-state index contributed by atoms with van der Waals surface area (Å²) in [5.41, 5.74) is 0.738. The molecular weight excluding hydrogens is 456 g/mol. The van der Waals surface area contributed by atoms with E-state index in [-0.39, 0.29) is 18.1 Å². The van der Waals surface area contributed by atoms with Gasteiger partial charge in [0.15, 0.2) is 0 Å². The number of carbonyl (C=O) groups is 2. The number of amides is 2. The molecule has 0 unspecified atom stereocenters. The largest absolute Gasteiger partial charge is 0.446 e. The molecule has 1 aromatic heterocycles. The molecule has 7 rings (SSSR count). The number of nitrogens with one attached hydrogen (secondary N) is 3. The second kappa shape index (κ2) is 9.40. The summed E-state index contributed by atoms with van der Waals surface area (Å²) < 4.78 is 6.10. The number of aromatic nitrogens is 1. The monoisotopic (exact) mass is 495 g/mol. The third-order valence-electron chi connectivity index (χ3n) is 9.53. The van der Waals surface area contributed by atoms with E-state index in [9.17, 15) is 14.7 Å². The molecule has 5 fully saturated rings. The van der Waals surface area contributed by atoms with Gasteiger partial charge in [0, 0.05) is 23.5 Å². The molecular formula is C29H39N3O4. The van der Waals surface area contributed by atoms with Crippen molar-refractivity contribution in [3.05, 3.63) is 36.0 Å². The molecule has 2 amide bonds. The normalized spacial score (nSPS) is 34.8. The van der Waals surface area contributed by atoms with Crippen molar-refractivity contribution in [2.24, 2.45) is 23.7 Å². The molecule has 1 aromatic carbocycles. The highest BCUT2D eigenvalue weighted by Crippen LogP contribution is 2.54. The van der Waals surface area contributed by atoms with Crippen molar-refractivity contribution in [2.45, 2.75) is 94.9 Å². The Morgan fingerprint density at radius 2 is 1.75 bits per heavy atom. The van der Waals surface area contributed by atoms with Crippen LogP contribution in [0.4, 0.5) is 4.79 Å². The lowest BCUT2D eigenvalue weighted by atomic mass is 9.55. The van der Waals surface area contributed by atoms with E-state index >= 15 is 0 Å². The van der Waals surface area contributed by atoms with Crippen molar-refractivity contribution in [1.29, 1.82) is 0 Å². The number of aliphatic hydroxyl groups excluding tert-OH is 1. The number of fused-ring (bicyclic) bond motifs is 1. The maximum atomic E-state index is 13.7. The van der Waals surface area contributed by atoms with Crippen molar-refractivity contribution in [2.75, 3.05) is 0 Å². The van der Waals surface area contributed by atoms with E-state index in [1.165, 1.54) is 6.42 Å². The van der Waals surface area contributed by atoms with Crippen LogP contribution in [-0.2, 0) is 16.0 Å². The summed E-state index contributed by atoms with van der Waals surface area (Å²) in [5, 5.41) is 17.5. The fraction of sp³-hybridized carbons (Fsp3) is 0.655. The first-order valence-corrected chi connectivity index (χ1v) is 13.9. The molecule has 0 aliphatic heterocycles. The molecule has 7 heteroatoms. The maximum absolute atomic E-state index is 13.7. The highest BCUT2D eigenvalue weighted by Gasteiger charge is 2.50. The van der Waals surface area contributed by atoms with Crippen molar-refractivity contribution in [1.82, 2.24) is 15.6 Å². The number of hydrogen-bond donors (Lipinski definition) is 4. The van der Waals surface area contributed by atoms with Crippen LogP contribution in [-0.4, -0.2) is 45.9 Å². The van der Waals surface area contributed by atoms with Gasteiger partial charge in [-0.05, 0) is 87.2 Å². The standard InChI is InChI=1S/C29H39N3O4/c1-29(27(34)31-24-8-4-5-9-25(24)33,15-21-16-30-23-7-3-2-6-22(21)23)32-28(35)36-26-19-11-17-10-18(13-19)14-20(26)12-17/h2-3,6-7,16-20,24-26,30,33H,4-5,8-15H2,1H3,(H,31,34)(H,32,35)/t17?,18?,19?,20?,24-,25-,26?,29+/m0/s1/i1+2. The average molecular weight is 496 g/mol. The van der Waals surface area contributed by atoms with Gasteiger partial charge in [-0.3, -0.25) is 4.79 Å². The molecule has 0 saturated heterocycles. The topological polar surface area (TPSA) is 103 Å². The van der Waals surface area contributed by atoms with Gasteiger partial charge >= 0.3 is 6.09 Å². The van der Waals surface area contributed by atoms with Crippen LogP contribution in [0.2, 0.25) is 0 Å². The van der Waals surface area contributed by atoms with Crippen LogP contribution < -0.4 is 10.6 Å². The van der Waals surface area contributed by atoms with Crippen molar-refractivity contribution >= 4 is 22.9 Å². The van der Waals surface area contributed by atoms with E-state index in [4.69, 9.17) is 4.74 Å². The van der Waals surface area contributed by atoms with E-state index in [2.05, 4.69) is 15.6 Å². The van der Waals surface area contributed by atoms with Crippen LogP contribution in [0.1, 0.15) is 70.3 Å². The number of hydrogen-bond acceptors (Lipinski definition) is 4. The summed E-state index contributed by atoms with van der Waals surface area (Å²) in [4.78, 5) is 30.3. The molecule has 0 radical (unpaired) electrons. The minimum absolute atomic E-state index is 0.0432. The minimum atomic E-state index is -1.22. The van der Waals surface area contributed by atoms with E-state index < -0.39 is 17.7 Å². The Balaban J connectivity index is 1.21. The molecule has 1 heterocycles. The van der Waals surface area contributed by atoms with E-state index in [1.807, 2.05) is 30.5 Å². The predicted molar refractivity (Wildman–Crippen MR) is 137 cm³/mol. The van der Waals surface area contributed by atoms with Crippen LogP contribution in [0.3, 0.4) is 0 Å². The number of aromatic amines is 1. The van der Waals surface area contributed by atoms with E-state index in [0.717, 1.165) is 73.2 Å². The van der Waals surface area contributed by atoms with Gasteiger partial charge in [0.1, 0.15) is 11.6 Å². The lowest BCUT2D eigenvalue weighted by Gasteiger charge is -2.53. The molecule has 5 saturated carbocycles. The lowest BCUT2D eigenvalue weighted by molar-refractivity contribution is -0.129. The molecule has 4 bridgehead atoms. The Morgan fingerprint density at radius 1 is 1.06 bits per heavy atom.